The minimum Gasteiger partial charge on any atom is -0.385 e. The first kappa shape index (κ1) is 18.1. The summed E-state index contributed by atoms with van der Waals surface area (Å²) in [6, 6.07) is 7.51. The lowest BCUT2D eigenvalue weighted by Crippen LogP contribution is -2.06. The number of anilines is 2. The third-order valence-corrected chi connectivity index (χ3v) is 4.44. The average molecular weight is 378 g/mol. The Bertz CT molecular complexity index is 1100. The van der Waals surface area contributed by atoms with Crippen molar-refractivity contribution in [2.75, 3.05) is 5.32 Å². The van der Waals surface area contributed by atoms with Crippen LogP contribution in [0.5, 0.6) is 0 Å². The van der Waals surface area contributed by atoms with Gasteiger partial charge in [-0.15, -0.1) is 10.2 Å². The van der Waals surface area contributed by atoms with Crippen molar-refractivity contribution < 1.29 is 5.11 Å². The number of nitrogens with one attached hydrogen (secondary N) is 1. The quantitative estimate of drug-likeness (QED) is 0.531. The molecule has 0 amide bonds. The predicted molar refractivity (Wildman–Crippen MR) is 105 cm³/mol. The van der Waals surface area contributed by atoms with Crippen LogP contribution in [-0.2, 0) is 7.05 Å². The maximum Gasteiger partial charge on any atom is 0.228 e. The summed E-state index contributed by atoms with van der Waals surface area (Å²) in [6.07, 6.45) is 5.26. The fraction of sp³-hybridized carbons (Fsp3) is 0.316. The third-order valence-electron chi connectivity index (χ3n) is 4.44. The molecule has 9 heteroatoms. The molecule has 0 saturated carbocycles. The molecule has 4 heterocycles. The molecular formula is C19H22N8O. The molecule has 9 nitrogen and oxygen atoms in total. The van der Waals surface area contributed by atoms with Gasteiger partial charge < -0.3 is 10.4 Å². The van der Waals surface area contributed by atoms with Gasteiger partial charge in [0.25, 0.3) is 0 Å². The topological polar surface area (TPSA) is 106 Å². The maximum absolute atomic E-state index is 10.4. The minimum atomic E-state index is -0.644. The van der Waals surface area contributed by atoms with Crippen molar-refractivity contribution in [1.29, 1.82) is 0 Å². The predicted octanol–water partition coefficient (Wildman–Crippen LogP) is 2.74. The van der Waals surface area contributed by atoms with E-state index in [0.29, 0.717) is 29.8 Å². The summed E-state index contributed by atoms with van der Waals surface area (Å²) in [4.78, 5) is 8.85. The molecule has 2 N–H and O–H groups in total. The Hall–Kier alpha value is -3.33. The van der Waals surface area contributed by atoms with E-state index in [0.717, 1.165) is 17.1 Å². The van der Waals surface area contributed by atoms with E-state index in [2.05, 4.69) is 44.4 Å². The van der Waals surface area contributed by atoms with Crippen molar-refractivity contribution in [3.8, 4) is 11.3 Å². The molecule has 4 aromatic heterocycles. The number of aromatic nitrogens is 7. The Balaban J connectivity index is 1.63. The zero-order chi connectivity index (χ0) is 19.7. The van der Waals surface area contributed by atoms with Gasteiger partial charge in [0.1, 0.15) is 11.9 Å². The van der Waals surface area contributed by atoms with E-state index in [-0.39, 0.29) is 0 Å². The second-order valence-corrected chi connectivity index (χ2v) is 7.08. The Morgan fingerprint density at radius 1 is 1.14 bits per heavy atom. The van der Waals surface area contributed by atoms with Gasteiger partial charge in [-0.3, -0.25) is 9.08 Å². The molecule has 4 aromatic rings. The van der Waals surface area contributed by atoms with Gasteiger partial charge in [-0.2, -0.15) is 5.10 Å². The van der Waals surface area contributed by atoms with E-state index >= 15 is 0 Å². The van der Waals surface area contributed by atoms with Gasteiger partial charge in [0.2, 0.25) is 5.95 Å². The van der Waals surface area contributed by atoms with Crippen molar-refractivity contribution >= 4 is 17.4 Å². The summed E-state index contributed by atoms with van der Waals surface area (Å²) < 4.78 is 3.52. The van der Waals surface area contributed by atoms with Gasteiger partial charge in [0, 0.05) is 31.1 Å². The van der Waals surface area contributed by atoms with Crippen molar-refractivity contribution in [3.63, 3.8) is 0 Å². The number of hydrogen-bond donors (Lipinski definition) is 2. The number of aliphatic hydroxyl groups is 1. The summed E-state index contributed by atoms with van der Waals surface area (Å²) in [7, 11) is 1.84. The summed E-state index contributed by atoms with van der Waals surface area (Å²) in [5.74, 6) is 2.20. The lowest BCUT2D eigenvalue weighted by molar-refractivity contribution is 0.140. The molecule has 0 unspecified atom stereocenters. The third kappa shape index (κ3) is 3.56. The van der Waals surface area contributed by atoms with Gasteiger partial charge in [-0.05, 0) is 30.5 Å². The van der Waals surface area contributed by atoms with E-state index in [9.17, 15) is 5.11 Å². The van der Waals surface area contributed by atoms with Crippen molar-refractivity contribution in [1.82, 2.24) is 34.3 Å². The first-order valence-corrected chi connectivity index (χ1v) is 9.12. The van der Waals surface area contributed by atoms with Crippen LogP contribution in [0.25, 0.3) is 16.9 Å². The van der Waals surface area contributed by atoms with Gasteiger partial charge in [0.05, 0.1) is 11.9 Å². The van der Waals surface area contributed by atoms with Gasteiger partial charge >= 0.3 is 0 Å². The van der Waals surface area contributed by atoms with E-state index in [1.807, 2.05) is 41.9 Å². The zero-order valence-electron chi connectivity index (χ0n) is 16.0. The molecular weight excluding hydrogens is 356 g/mol. The molecule has 0 aromatic carbocycles. The van der Waals surface area contributed by atoms with E-state index in [1.54, 1.807) is 17.1 Å². The summed E-state index contributed by atoms with van der Waals surface area (Å²) in [5, 5.41) is 26.0. The fourth-order valence-electron chi connectivity index (χ4n) is 3.04. The number of nitrogens with zero attached hydrogens (tertiary/aromatic N) is 7. The Morgan fingerprint density at radius 2 is 2.00 bits per heavy atom. The molecule has 144 valence electrons. The first-order chi connectivity index (χ1) is 13.5. The minimum absolute atomic E-state index is 0.369. The van der Waals surface area contributed by atoms with Crippen LogP contribution in [0.15, 0.2) is 42.9 Å². The van der Waals surface area contributed by atoms with Crippen LogP contribution in [-0.4, -0.2) is 39.5 Å². The Labute approximate surface area is 162 Å². The van der Waals surface area contributed by atoms with Crippen molar-refractivity contribution in [2.24, 2.45) is 13.0 Å². The summed E-state index contributed by atoms with van der Waals surface area (Å²) in [6.45, 7) is 4.13. The van der Waals surface area contributed by atoms with Crippen molar-refractivity contribution in [2.45, 2.75) is 26.4 Å². The number of aliphatic hydroxyl groups excluding tert-OH is 1. The van der Waals surface area contributed by atoms with Gasteiger partial charge in [0.15, 0.2) is 11.5 Å². The molecule has 0 aliphatic heterocycles. The van der Waals surface area contributed by atoms with Crippen LogP contribution in [0.2, 0.25) is 0 Å². The number of hydrogen-bond acceptors (Lipinski definition) is 7. The Kier molecular flexibility index (Phi) is 4.74. The molecule has 0 aliphatic rings. The molecule has 0 aliphatic carbocycles. The molecule has 0 bridgehead atoms. The lowest BCUT2D eigenvalue weighted by atomic mass is 10.1. The van der Waals surface area contributed by atoms with Crippen LogP contribution >= 0.6 is 0 Å². The smallest absolute Gasteiger partial charge is 0.228 e. The number of fused-ring (bicyclic) bond motifs is 1. The molecule has 0 radical (unpaired) electrons. The van der Waals surface area contributed by atoms with Crippen LogP contribution in [0.1, 0.15) is 32.2 Å². The largest absolute Gasteiger partial charge is 0.385 e. The highest BCUT2D eigenvalue weighted by Gasteiger charge is 2.17. The first-order valence-electron chi connectivity index (χ1n) is 9.12. The molecule has 28 heavy (non-hydrogen) atoms. The highest BCUT2D eigenvalue weighted by molar-refractivity contribution is 5.65. The maximum atomic E-state index is 10.4. The molecule has 1 atom stereocenters. The SMILES string of the molecule is CC(C)C[C@@H](O)c1nnc2cc(-c3ccnc(Nc4ccnn4C)n3)ccn12. The highest BCUT2D eigenvalue weighted by atomic mass is 16.3. The fourth-order valence-corrected chi connectivity index (χ4v) is 3.04. The summed E-state index contributed by atoms with van der Waals surface area (Å²) in [5.41, 5.74) is 2.31. The van der Waals surface area contributed by atoms with Gasteiger partial charge in [-0.1, -0.05) is 13.8 Å². The van der Waals surface area contributed by atoms with Crippen LogP contribution < -0.4 is 5.32 Å². The monoisotopic (exact) mass is 378 g/mol. The number of pyridine rings is 1. The van der Waals surface area contributed by atoms with Crippen LogP contribution in [0, 0.1) is 5.92 Å². The van der Waals surface area contributed by atoms with E-state index in [4.69, 9.17) is 0 Å². The second kappa shape index (κ2) is 7.35. The lowest BCUT2D eigenvalue weighted by Gasteiger charge is -2.11. The normalized spacial score (nSPS) is 12.6. The highest BCUT2D eigenvalue weighted by Crippen LogP contribution is 2.24. The average Bonchev–Trinajstić information content (AvgIpc) is 3.27. The van der Waals surface area contributed by atoms with E-state index in [1.165, 1.54) is 0 Å². The van der Waals surface area contributed by atoms with Crippen LogP contribution in [0.3, 0.4) is 0 Å². The van der Waals surface area contributed by atoms with Crippen LogP contribution in [0.4, 0.5) is 11.8 Å². The Morgan fingerprint density at radius 3 is 2.75 bits per heavy atom. The van der Waals surface area contributed by atoms with Gasteiger partial charge in [-0.25, -0.2) is 9.97 Å². The molecule has 0 fully saturated rings. The number of rotatable bonds is 6. The molecule has 0 spiro atoms. The molecule has 4 rings (SSSR count). The summed E-state index contributed by atoms with van der Waals surface area (Å²) >= 11 is 0. The zero-order valence-corrected chi connectivity index (χ0v) is 16.0. The van der Waals surface area contributed by atoms with E-state index < -0.39 is 6.10 Å². The standard InChI is InChI=1S/C19H22N8O/c1-12(2)10-15(28)18-25-24-17-11-13(6-9-27(17)18)14-4-7-20-19(22-14)23-16-5-8-21-26(16)3/h4-9,11-12,15,28H,10H2,1-3H3,(H,20,22,23)/t15-/m1/s1. The second-order valence-electron chi connectivity index (χ2n) is 7.08. The van der Waals surface area contributed by atoms with Crippen molar-refractivity contribution in [3.05, 3.63) is 48.7 Å². The number of aryl methyl sites for hydroxylation is 1. The molecule has 0 saturated heterocycles.